The Labute approximate surface area is 115 Å². The molecule has 0 aliphatic rings. The molecule has 0 aliphatic heterocycles. The Kier molecular flexibility index (Phi) is 4.49. The summed E-state index contributed by atoms with van der Waals surface area (Å²) in [6.45, 7) is -0.619. The zero-order valence-electron chi connectivity index (χ0n) is 10.5. The number of nitro benzene ring substituents is 1. The Hall–Kier alpha value is -2.26. The first kappa shape index (κ1) is 16.8. The molecule has 116 valence electrons. The van der Waals surface area contributed by atoms with E-state index < -0.39 is 29.5 Å². The minimum absolute atomic E-state index is 0.0537. The van der Waals surface area contributed by atoms with Crippen molar-refractivity contribution in [2.24, 2.45) is 0 Å². The highest BCUT2D eigenvalue weighted by molar-refractivity contribution is 5.84. The van der Waals surface area contributed by atoms with Crippen LogP contribution in [-0.4, -0.2) is 34.9 Å². The molecule has 10 heteroatoms. The van der Waals surface area contributed by atoms with Crippen molar-refractivity contribution >= 4 is 11.6 Å². The number of alkyl halides is 5. The molecule has 0 aromatic heterocycles. The van der Waals surface area contributed by atoms with Gasteiger partial charge in [0.15, 0.2) is 0 Å². The third kappa shape index (κ3) is 3.64. The lowest BCUT2D eigenvalue weighted by Gasteiger charge is -2.24. The molecule has 0 saturated heterocycles. The second kappa shape index (κ2) is 5.62. The van der Waals surface area contributed by atoms with Crippen LogP contribution in [0.3, 0.4) is 0 Å². The van der Waals surface area contributed by atoms with Gasteiger partial charge in [0.25, 0.3) is 5.69 Å². The molecule has 0 N–H and O–H groups in total. The summed E-state index contributed by atoms with van der Waals surface area (Å²) in [6, 6.07) is 4.60. The zero-order valence-corrected chi connectivity index (χ0v) is 10.5. The van der Waals surface area contributed by atoms with Gasteiger partial charge in [0.05, 0.1) is 4.92 Å². The van der Waals surface area contributed by atoms with Crippen molar-refractivity contribution in [2.75, 3.05) is 7.05 Å². The molecule has 21 heavy (non-hydrogen) atoms. The van der Waals surface area contributed by atoms with Gasteiger partial charge in [0, 0.05) is 25.7 Å². The van der Waals surface area contributed by atoms with Gasteiger partial charge in [-0.2, -0.15) is 22.0 Å². The molecule has 0 fully saturated rings. The predicted molar refractivity (Wildman–Crippen MR) is 60.6 cm³/mol. The topological polar surface area (TPSA) is 63.4 Å². The average Bonchev–Trinajstić information content (AvgIpc) is 2.36. The summed E-state index contributed by atoms with van der Waals surface area (Å²) in [5, 5.41) is 10.5. The summed E-state index contributed by atoms with van der Waals surface area (Å²) in [4.78, 5) is 21.1. The number of non-ortho nitro benzene ring substituents is 1. The van der Waals surface area contributed by atoms with E-state index in [9.17, 15) is 36.9 Å². The zero-order chi connectivity index (χ0) is 16.4. The number of benzene rings is 1. The Morgan fingerprint density at radius 2 is 1.86 bits per heavy atom. The van der Waals surface area contributed by atoms with Crippen LogP contribution in [0.15, 0.2) is 24.3 Å². The molecule has 1 aromatic rings. The first-order valence-corrected chi connectivity index (χ1v) is 5.40. The van der Waals surface area contributed by atoms with E-state index in [1.54, 1.807) is 0 Å². The lowest BCUT2D eigenvalue weighted by Crippen LogP contribution is -2.50. The van der Waals surface area contributed by atoms with Gasteiger partial charge < -0.3 is 4.90 Å². The van der Waals surface area contributed by atoms with Gasteiger partial charge in [-0.05, 0) is 5.56 Å². The maximum absolute atomic E-state index is 12.9. The number of carbonyl (C=O) groups excluding carboxylic acids is 1. The van der Waals surface area contributed by atoms with Crippen LogP contribution < -0.4 is 0 Å². The third-order valence-electron chi connectivity index (χ3n) is 2.51. The first-order valence-electron chi connectivity index (χ1n) is 5.40. The molecule has 0 atom stereocenters. The van der Waals surface area contributed by atoms with Gasteiger partial charge in [-0.3, -0.25) is 14.9 Å². The molecule has 5 nitrogen and oxygen atoms in total. The highest BCUT2D eigenvalue weighted by Gasteiger charge is 2.64. The fourth-order valence-corrected chi connectivity index (χ4v) is 1.48. The van der Waals surface area contributed by atoms with E-state index in [0.717, 1.165) is 19.2 Å². The summed E-state index contributed by atoms with van der Waals surface area (Å²) in [5.41, 5.74) is -0.311. The summed E-state index contributed by atoms with van der Waals surface area (Å²) < 4.78 is 61.9. The lowest BCUT2D eigenvalue weighted by molar-refractivity contribution is -0.384. The van der Waals surface area contributed by atoms with Gasteiger partial charge in [0.2, 0.25) is 0 Å². The van der Waals surface area contributed by atoms with E-state index in [1.807, 2.05) is 0 Å². The number of hydrogen-bond donors (Lipinski definition) is 0. The van der Waals surface area contributed by atoms with E-state index >= 15 is 0 Å². The van der Waals surface area contributed by atoms with Crippen molar-refractivity contribution in [3.63, 3.8) is 0 Å². The maximum Gasteiger partial charge on any atom is 0.463 e. The predicted octanol–water partition coefficient (Wildman–Crippen LogP) is 2.75. The standard InChI is InChI=1S/C11H9F5N2O3/c1-17(9(19)10(12,13)11(14,15)16)6-7-3-2-4-8(5-7)18(20)21/h2-5H,6H2,1H3. The van der Waals surface area contributed by atoms with Crippen LogP contribution >= 0.6 is 0 Å². The third-order valence-corrected chi connectivity index (χ3v) is 2.51. The van der Waals surface area contributed by atoms with E-state index in [2.05, 4.69) is 0 Å². The molecular weight excluding hydrogens is 303 g/mol. The largest absolute Gasteiger partial charge is 0.463 e. The normalized spacial score (nSPS) is 12.1. The van der Waals surface area contributed by atoms with E-state index in [1.165, 1.54) is 12.1 Å². The molecule has 0 unspecified atom stereocenters. The van der Waals surface area contributed by atoms with Crippen molar-refractivity contribution in [1.82, 2.24) is 4.90 Å². The highest BCUT2D eigenvalue weighted by Crippen LogP contribution is 2.36. The Balaban J connectivity index is 2.91. The second-order valence-corrected chi connectivity index (χ2v) is 4.16. The molecule has 0 bridgehead atoms. The quantitative estimate of drug-likeness (QED) is 0.488. The van der Waals surface area contributed by atoms with Gasteiger partial charge in [-0.15, -0.1) is 0 Å². The summed E-state index contributed by atoms with van der Waals surface area (Å²) >= 11 is 0. The Morgan fingerprint density at radius 3 is 2.33 bits per heavy atom. The van der Waals surface area contributed by atoms with E-state index in [-0.39, 0.29) is 16.2 Å². The first-order chi connectivity index (χ1) is 9.46. The van der Waals surface area contributed by atoms with Crippen molar-refractivity contribution < 1.29 is 31.7 Å². The van der Waals surface area contributed by atoms with Crippen LogP contribution in [-0.2, 0) is 11.3 Å². The van der Waals surface area contributed by atoms with E-state index in [0.29, 0.717) is 0 Å². The monoisotopic (exact) mass is 312 g/mol. The van der Waals surface area contributed by atoms with Crippen LogP contribution in [0.4, 0.5) is 27.6 Å². The van der Waals surface area contributed by atoms with Gasteiger partial charge in [-0.1, -0.05) is 12.1 Å². The van der Waals surface area contributed by atoms with Crippen molar-refractivity contribution in [3.8, 4) is 0 Å². The molecule has 0 heterocycles. The number of hydrogen-bond acceptors (Lipinski definition) is 3. The van der Waals surface area contributed by atoms with Gasteiger partial charge >= 0.3 is 18.0 Å². The SMILES string of the molecule is CN(Cc1cccc([N+](=O)[O-])c1)C(=O)C(F)(F)C(F)(F)F. The van der Waals surface area contributed by atoms with Gasteiger partial charge in [-0.25, -0.2) is 0 Å². The van der Waals surface area contributed by atoms with Crippen molar-refractivity contribution in [3.05, 3.63) is 39.9 Å². The molecule has 0 saturated carbocycles. The van der Waals surface area contributed by atoms with Crippen LogP contribution in [0.1, 0.15) is 5.56 Å². The molecule has 0 radical (unpaired) electrons. The number of nitro groups is 1. The fraction of sp³-hybridized carbons (Fsp3) is 0.364. The van der Waals surface area contributed by atoms with Crippen molar-refractivity contribution in [1.29, 1.82) is 0 Å². The molecule has 0 spiro atoms. The molecule has 1 rings (SSSR count). The average molecular weight is 312 g/mol. The number of carbonyl (C=O) groups is 1. The number of rotatable bonds is 4. The Bertz CT molecular complexity index is 559. The minimum atomic E-state index is -6.00. The van der Waals surface area contributed by atoms with Gasteiger partial charge in [0.1, 0.15) is 0 Å². The summed E-state index contributed by atoms with van der Waals surface area (Å²) in [6.07, 6.45) is -6.00. The smallest absolute Gasteiger partial charge is 0.336 e. The molecular formula is C11H9F5N2O3. The Morgan fingerprint density at radius 1 is 1.29 bits per heavy atom. The van der Waals surface area contributed by atoms with Crippen molar-refractivity contribution in [2.45, 2.75) is 18.6 Å². The minimum Gasteiger partial charge on any atom is -0.336 e. The summed E-state index contributed by atoms with van der Waals surface area (Å²) in [5.74, 6) is -7.94. The molecule has 1 amide bonds. The number of halogens is 5. The molecule has 1 aromatic carbocycles. The van der Waals surface area contributed by atoms with E-state index in [4.69, 9.17) is 0 Å². The molecule has 0 aliphatic carbocycles. The number of amides is 1. The number of nitrogens with zero attached hydrogens (tertiary/aromatic N) is 2. The fourth-order valence-electron chi connectivity index (χ4n) is 1.48. The van der Waals surface area contributed by atoms with Crippen LogP contribution in [0, 0.1) is 10.1 Å². The van der Waals surface area contributed by atoms with Crippen LogP contribution in [0.2, 0.25) is 0 Å². The second-order valence-electron chi connectivity index (χ2n) is 4.16. The lowest BCUT2D eigenvalue weighted by atomic mass is 10.2. The summed E-state index contributed by atoms with van der Waals surface area (Å²) in [7, 11) is 0.751. The highest BCUT2D eigenvalue weighted by atomic mass is 19.4. The van der Waals surface area contributed by atoms with Crippen LogP contribution in [0.5, 0.6) is 0 Å². The maximum atomic E-state index is 12.9. The van der Waals surface area contributed by atoms with Crippen LogP contribution in [0.25, 0.3) is 0 Å².